The van der Waals surface area contributed by atoms with Crippen molar-refractivity contribution in [3.05, 3.63) is 12.2 Å². The minimum atomic E-state index is -0.763. The van der Waals surface area contributed by atoms with Gasteiger partial charge in [0.05, 0.1) is 0 Å². The molecule has 384 valence electrons. The summed E-state index contributed by atoms with van der Waals surface area (Å²) in [5, 5.41) is 0. The van der Waals surface area contributed by atoms with Gasteiger partial charge in [-0.2, -0.15) is 0 Å². The van der Waals surface area contributed by atoms with E-state index >= 15 is 0 Å². The first-order valence-electron chi connectivity index (χ1n) is 29.2. The van der Waals surface area contributed by atoms with Crippen molar-refractivity contribution >= 4 is 17.9 Å². The molecule has 0 aromatic rings. The molecule has 0 aliphatic rings. The van der Waals surface area contributed by atoms with Gasteiger partial charge in [-0.15, -0.1) is 0 Å². The van der Waals surface area contributed by atoms with Gasteiger partial charge in [-0.25, -0.2) is 0 Å². The van der Waals surface area contributed by atoms with Crippen LogP contribution in [0.25, 0.3) is 0 Å². The molecule has 0 aliphatic carbocycles. The molecule has 0 bridgehead atoms. The van der Waals surface area contributed by atoms with E-state index in [2.05, 4.69) is 32.9 Å². The summed E-state index contributed by atoms with van der Waals surface area (Å²) in [6, 6.07) is 0. The molecule has 0 saturated heterocycles. The molecular formula is C59H112O6. The van der Waals surface area contributed by atoms with Gasteiger partial charge in [-0.05, 0) is 44.9 Å². The number of rotatable bonds is 54. The number of carbonyl (C=O) groups excluding carboxylic acids is 3. The van der Waals surface area contributed by atoms with E-state index in [1.54, 1.807) is 0 Å². The summed E-state index contributed by atoms with van der Waals surface area (Å²) in [5.74, 6) is -0.847. The van der Waals surface area contributed by atoms with Gasteiger partial charge in [0.2, 0.25) is 0 Å². The molecule has 0 rings (SSSR count). The molecule has 0 spiro atoms. The van der Waals surface area contributed by atoms with Crippen molar-refractivity contribution in [2.75, 3.05) is 13.2 Å². The Morgan fingerprint density at radius 2 is 0.508 bits per heavy atom. The summed E-state index contributed by atoms with van der Waals surface area (Å²) in [4.78, 5) is 38.0. The Bertz CT molecular complexity index is 1010. The van der Waals surface area contributed by atoms with Crippen LogP contribution < -0.4 is 0 Å². The number of unbranched alkanes of at least 4 members (excludes halogenated alkanes) is 41. The molecule has 6 heteroatoms. The van der Waals surface area contributed by atoms with Crippen molar-refractivity contribution in [1.82, 2.24) is 0 Å². The third-order valence-electron chi connectivity index (χ3n) is 13.3. The lowest BCUT2D eigenvalue weighted by molar-refractivity contribution is -0.167. The second-order valence-corrected chi connectivity index (χ2v) is 19.9. The van der Waals surface area contributed by atoms with Crippen LogP contribution in [-0.4, -0.2) is 37.2 Å². The fourth-order valence-corrected chi connectivity index (χ4v) is 8.85. The number of hydrogen-bond donors (Lipinski definition) is 0. The molecule has 0 saturated carbocycles. The van der Waals surface area contributed by atoms with Crippen molar-refractivity contribution in [1.29, 1.82) is 0 Å². The van der Waals surface area contributed by atoms with E-state index in [1.165, 1.54) is 231 Å². The lowest BCUT2D eigenvalue weighted by Gasteiger charge is -2.18. The van der Waals surface area contributed by atoms with Crippen LogP contribution >= 0.6 is 0 Å². The van der Waals surface area contributed by atoms with Gasteiger partial charge in [0.15, 0.2) is 6.10 Å². The van der Waals surface area contributed by atoms with Crippen molar-refractivity contribution < 1.29 is 28.6 Å². The fourth-order valence-electron chi connectivity index (χ4n) is 8.85. The highest BCUT2D eigenvalue weighted by molar-refractivity contribution is 5.71. The van der Waals surface area contributed by atoms with Crippen LogP contribution in [0.5, 0.6) is 0 Å². The highest BCUT2D eigenvalue weighted by atomic mass is 16.6. The van der Waals surface area contributed by atoms with Gasteiger partial charge >= 0.3 is 17.9 Å². The molecule has 1 unspecified atom stereocenters. The molecule has 65 heavy (non-hydrogen) atoms. The topological polar surface area (TPSA) is 78.9 Å². The van der Waals surface area contributed by atoms with Crippen LogP contribution in [0, 0.1) is 0 Å². The normalized spacial score (nSPS) is 12.0. The highest BCUT2D eigenvalue weighted by Crippen LogP contribution is 2.17. The van der Waals surface area contributed by atoms with E-state index < -0.39 is 6.10 Å². The van der Waals surface area contributed by atoms with Crippen LogP contribution in [0.3, 0.4) is 0 Å². The summed E-state index contributed by atoms with van der Waals surface area (Å²) in [5.41, 5.74) is 0. The van der Waals surface area contributed by atoms with Crippen LogP contribution in [0.2, 0.25) is 0 Å². The van der Waals surface area contributed by atoms with Gasteiger partial charge in [0.25, 0.3) is 0 Å². The van der Waals surface area contributed by atoms with Crippen molar-refractivity contribution in [2.24, 2.45) is 0 Å². The van der Waals surface area contributed by atoms with E-state index in [-0.39, 0.29) is 31.1 Å². The zero-order chi connectivity index (χ0) is 47.2. The standard InChI is InChI=1S/C59H112O6/c1-4-7-10-13-16-19-21-23-25-27-28-29-30-31-32-33-35-36-38-40-43-46-49-52-58(61)64-55-56(54-63-57(60)51-48-45-42-18-15-12-9-6-3)65-59(62)53-50-47-44-41-39-37-34-26-24-22-20-17-14-11-8-5-2/h27-28,56H,4-26,29-55H2,1-3H3/b28-27-. The highest BCUT2D eigenvalue weighted by Gasteiger charge is 2.19. The predicted molar refractivity (Wildman–Crippen MR) is 280 cm³/mol. The van der Waals surface area contributed by atoms with Crippen LogP contribution in [-0.2, 0) is 28.6 Å². The zero-order valence-electron chi connectivity index (χ0n) is 44.0. The lowest BCUT2D eigenvalue weighted by atomic mass is 10.0. The molecule has 0 aromatic heterocycles. The third-order valence-corrected chi connectivity index (χ3v) is 13.3. The van der Waals surface area contributed by atoms with E-state index in [0.29, 0.717) is 19.3 Å². The average molecular weight is 918 g/mol. The molecular weight excluding hydrogens is 805 g/mol. The maximum atomic E-state index is 12.8. The second-order valence-electron chi connectivity index (χ2n) is 19.9. The molecule has 0 N–H and O–H groups in total. The number of carbonyl (C=O) groups is 3. The first kappa shape index (κ1) is 63.1. The summed E-state index contributed by atoms with van der Waals surface area (Å²) < 4.78 is 16.8. The Morgan fingerprint density at radius 3 is 0.769 bits per heavy atom. The van der Waals surface area contributed by atoms with Crippen molar-refractivity contribution in [3.63, 3.8) is 0 Å². The zero-order valence-corrected chi connectivity index (χ0v) is 44.0. The van der Waals surface area contributed by atoms with E-state index in [9.17, 15) is 14.4 Å². The smallest absolute Gasteiger partial charge is 0.306 e. The largest absolute Gasteiger partial charge is 0.462 e. The maximum absolute atomic E-state index is 12.8. The van der Waals surface area contributed by atoms with Gasteiger partial charge in [-0.3, -0.25) is 14.4 Å². The van der Waals surface area contributed by atoms with E-state index in [0.717, 1.165) is 57.8 Å². The summed E-state index contributed by atoms with van der Waals surface area (Å²) in [6.07, 6.45) is 62.2. The van der Waals surface area contributed by atoms with Crippen LogP contribution in [0.1, 0.15) is 329 Å². The molecule has 0 radical (unpaired) electrons. The van der Waals surface area contributed by atoms with Crippen LogP contribution in [0.15, 0.2) is 12.2 Å². The Labute approximate surface area is 405 Å². The quantitative estimate of drug-likeness (QED) is 0.0262. The monoisotopic (exact) mass is 917 g/mol. The number of allylic oxidation sites excluding steroid dienone is 2. The van der Waals surface area contributed by atoms with Gasteiger partial charge < -0.3 is 14.2 Å². The van der Waals surface area contributed by atoms with Crippen molar-refractivity contribution in [2.45, 2.75) is 335 Å². The van der Waals surface area contributed by atoms with Gasteiger partial charge in [0, 0.05) is 19.3 Å². The lowest BCUT2D eigenvalue weighted by Crippen LogP contribution is -2.30. The summed E-state index contributed by atoms with van der Waals surface area (Å²) in [6.45, 7) is 6.66. The molecule has 0 aliphatic heterocycles. The second kappa shape index (κ2) is 54.8. The first-order chi connectivity index (χ1) is 32.0. The number of esters is 3. The Morgan fingerprint density at radius 1 is 0.292 bits per heavy atom. The predicted octanol–water partition coefficient (Wildman–Crippen LogP) is 19.3. The summed E-state index contributed by atoms with van der Waals surface area (Å²) >= 11 is 0. The molecule has 0 fully saturated rings. The average Bonchev–Trinajstić information content (AvgIpc) is 3.30. The number of ether oxygens (including phenoxy) is 3. The number of hydrogen-bond acceptors (Lipinski definition) is 6. The molecule has 0 amide bonds. The molecule has 1 atom stereocenters. The maximum Gasteiger partial charge on any atom is 0.306 e. The van der Waals surface area contributed by atoms with Crippen LogP contribution in [0.4, 0.5) is 0 Å². The Balaban J connectivity index is 4.14. The minimum absolute atomic E-state index is 0.0649. The fraction of sp³-hybridized carbons (Fsp3) is 0.915. The SMILES string of the molecule is CCCCCCCCCC/C=C\CCCCCCCCCCCCCC(=O)OCC(COC(=O)CCCCCCCCCC)OC(=O)CCCCCCCCCCCCCCCCCC. The molecule has 0 heterocycles. The van der Waals surface area contributed by atoms with Gasteiger partial charge in [0.1, 0.15) is 13.2 Å². The first-order valence-corrected chi connectivity index (χ1v) is 29.2. The van der Waals surface area contributed by atoms with E-state index in [1.807, 2.05) is 0 Å². The minimum Gasteiger partial charge on any atom is -0.462 e. The summed E-state index contributed by atoms with van der Waals surface area (Å²) in [7, 11) is 0. The molecule has 0 aromatic carbocycles. The Kier molecular flexibility index (Phi) is 53.2. The molecule has 6 nitrogen and oxygen atoms in total. The Hall–Kier alpha value is -1.85. The van der Waals surface area contributed by atoms with Gasteiger partial charge in [-0.1, -0.05) is 277 Å². The third kappa shape index (κ3) is 53.0. The van der Waals surface area contributed by atoms with E-state index in [4.69, 9.17) is 14.2 Å². The van der Waals surface area contributed by atoms with Crippen molar-refractivity contribution in [3.8, 4) is 0 Å².